The number of benzene rings is 6. The van der Waals surface area contributed by atoms with Crippen LogP contribution in [0.2, 0.25) is 6.55 Å². The third kappa shape index (κ3) is 4.96. The first-order chi connectivity index (χ1) is 20.6. The van der Waals surface area contributed by atoms with E-state index in [0.29, 0.717) is 0 Å². The third-order valence-electron chi connectivity index (χ3n) is 7.97. The van der Waals surface area contributed by atoms with Crippen LogP contribution in [0.3, 0.4) is 0 Å². The standard InChI is InChI=1S/C37H33O2Si3/c1-4-41(32-22-8-6-9-23-32,36-28-16-20-30-18-12-14-26-34(30)36)38-40(3)39-42(5-2,33-24-10-7-11-25-33)37-29-17-21-31-19-13-15-27-35(31)37/h4-29H,1-2H2,3H3. The zero-order chi connectivity index (χ0) is 29.0. The van der Waals surface area contributed by atoms with Crippen molar-refractivity contribution in [1.82, 2.24) is 0 Å². The number of hydrogen-bond donors (Lipinski definition) is 0. The van der Waals surface area contributed by atoms with Crippen LogP contribution in [0.4, 0.5) is 0 Å². The Bertz CT molecular complexity index is 1710. The molecule has 6 aromatic rings. The lowest BCUT2D eigenvalue weighted by Gasteiger charge is -2.37. The molecule has 0 heterocycles. The van der Waals surface area contributed by atoms with Gasteiger partial charge in [-0.15, -0.1) is 13.2 Å². The fraction of sp³-hybridized carbons (Fsp3) is 0.0270. The van der Waals surface area contributed by atoms with E-state index >= 15 is 0 Å². The molecule has 0 aromatic heterocycles. The van der Waals surface area contributed by atoms with Crippen LogP contribution in [0.5, 0.6) is 0 Å². The predicted molar refractivity (Wildman–Crippen MR) is 185 cm³/mol. The zero-order valence-corrected chi connectivity index (χ0v) is 26.7. The molecule has 2 unspecified atom stereocenters. The summed E-state index contributed by atoms with van der Waals surface area (Å²) >= 11 is 0. The summed E-state index contributed by atoms with van der Waals surface area (Å²) in [5.74, 6) is 0. The fourth-order valence-corrected chi connectivity index (χ4v) is 17.5. The van der Waals surface area contributed by atoms with Crippen molar-refractivity contribution < 1.29 is 8.23 Å². The molecule has 205 valence electrons. The summed E-state index contributed by atoms with van der Waals surface area (Å²) in [6.07, 6.45) is 0. The van der Waals surface area contributed by atoms with Gasteiger partial charge in [0.25, 0.3) is 16.6 Å². The summed E-state index contributed by atoms with van der Waals surface area (Å²) in [7, 11) is -7.76. The van der Waals surface area contributed by atoms with Crippen LogP contribution in [-0.4, -0.2) is 25.9 Å². The quantitative estimate of drug-likeness (QED) is 0.171. The van der Waals surface area contributed by atoms with E-state index < -0.39 is 25.9 Å². The van der Waals surface area contributed by atoms with Crippen molar-refractivity contribution in [3.63, 3.8) is 0 Å². The molecule has 0 spiro atoms. The van der Waals surface area contributed by atoms with Gasteiger partial charge in [-0.2, -0.15) is 0 Å². The van der Waals surface area contributed by atoms with Crippen LogP contribution in [0.25, 0.3) is 21.5 Å². The molecule has 0 saturated heterocycles. The van der Waals surface area contributed by atoms with Gasteiger partial charge in [0.15, 0.2) is 0 Å². The molecular weight excluding hydrogens is 561 g/mol. The van der Waals surface area contributed by atoms with Crippen molar-refractivity contribution in [1.29, 1.82) is 0 Å². The molecule has 0 fully saturated rings. The van der Waals surface area contributed by atoms with E-state index in [1.165, 1.54) is 31.9 Å². The molecule has 42 heavy (non-hydrogen) atoms. The van der Waals surface area contributed by atoms with Gasteiger partial charge in [-0.05, 0) is 48.8 Å². The minimum absolute atomic E-state index is 1.15. The van der Waals surface area contributed by atoms with Crippen LogP contribution in [0, 0.1) is 0 Å². The Hall–Kier alpha value is -4.11. The Kier molecular flexibility index (Phi) is 8.02. The molecule has 1 radical (unpaired) electrons. The molecule has 5 heteroatoms. The van der Waals surface area contributed by atoms with Crippen LogP contribution in [-0.2, 0) is 8.23 Å². The Morgan fingerprint density at radius 2 is 0.833 bits per heavy atom. The van der Waals surface area contributed by atoms with Gasteiger partial charge in [0, 0.05) is 0 Å². The smallest absolute Gasteiger partial charge is 0.360 e. The molecule has 6 aromatic carbocycles. The molecule has 2 nitrogen and oxygen atoms in total. The number of fused-ring (bicyclic) bond motifs is 2. The normalized spacial score (nSPS) is 14.3. The van der Waals surface area contributed by atoms with Gasteiger partial charge in [-0.25, -0.2) is 0 Å². The average Bonchev–Trinajstić information content (AvgIpc) is 3.06. The minimum atomic E-state index is -2.95. The lowest BCUT2D eigenvalue weighted by atomic mass is 10.1. The van der Waals surface area contributed by atoms with Gasteiger partial charge in [-0.3, -0.25) is 0 Å². The van der Waals surface area contributed by atoms with Crippen molar-refractivity contribution in [2.75, 3.05) is 0 Å². The highest BCUT2D eigenvalue weighted by atomic mass is 28.4. The molecule has 0 bridgehead atoms. The van der Waals surface area contributed by atoms with Crippen LogP contribution >= 0.6 is 0 Å². The van der Waals surface area contributed by atoms with E-state index in [2.05, 4.69) is 177 Å². The first-order valence-corrected chi connectivity index (χ1v) is 20.0. The Morgan fingerprint density at radius 1 is 0.476 bits per heavy atom. The maximum atomic E-state index is 7.37. The second kappa shape index (κ2) is 12.0. The summed E-state index contributed by atoms with van der Waals surface area (Å²) in [5.41, 5.74) is 4.14. The highest BCUT2D eigenvalue weighted by Crippen LogP contribution is 2.23. The van der Waals surface area contributed by atoms with E-state index in [1.54, 1.807) is 0 Å². The van der Waals surface area contributed by atoms with Crippen molar-refractivity contribution in [3.8, 4) is 0 Å². The van der Waals surface area contributed by atoms with Crippen LogP contribution in [0.1, 0.15) is 0 Å². The molecule has 0 N–H and O–H groups in total. The van der Waals surface area contributed by atoms with Gasteiger partial charge in [0.2, 0.25) is 0 Å². The van der Waals surface area contributed by atoms with E-state index in [0.717, 1.165) is 10.4 Å². The van der Waals surface area contributed by atoms with E-state index in [-0.39, 0.29) is 0 Å². The monoisotopic (exact) mass is 593 g/mol. The summed E-state index contributed by atoms with van der Waals surface area (Å²) in [4.78, 5) is 0. The molecule has 0 aliphatic rings. The van der Waals surface area contributed by atoms with Crippen LogP contribution in [0.15, 0.2) is 170 Å². The van der Waals surface area contributed by atoms with Gasteiger partial charge in [0.1, 0.15) is 0 Å². The Balaban J connectivity index is 1.51. The average molecular weight is 594 g/mol. The summed E-state index contributed by atoms with van der Waals surface area (Å²) in [6, 6.07) is 51.2. The first-order valence-electron chi connectivity index (χ1n) is 14.2. The molecule has 0 aliphatic heterocycles. The van der Waals surface area contributed by atoms with Crippen molar-refractivity contribution >= 4 is 68.2 Å². The fourth-order valence-electron chi connectivity index (χ4n) is 6.02. The van der Waals surface area contributed by atoms with E-state index in [9.17, 15) is 0 Å². The topological polar surface area (TPSA) is 18.5 Å². The molecule has 0 aliphatic carbocycles. The number of hydrogen-bond acceptors (Lipinski definition) is 2. The number of rotatable bonds is 10. The maximum absolute atomic E-state index is 7.37. The van der Waals surface area contributed by atoms with Gasteiger partial charge >= 0.3 is 9.28 Å². The highest BCUT2D eigenvalue weighted by Gasteiger charge is 2.45. The molecule has 2 atom stereocenters. The van der Waals surface area contributed by atoms with Crippen LogP contribution < -0.4 is 20.7 Å². The lowest BCUT2D eigenvalue weighted by Crippen LogP contribution is -2.66. The summed E-state index contributed by atoms with van der Waals surface area (Å²) in [6.45, 7) is 10.9. The third-order valence-corrected chi connectivity index (χ3v) is 18.8. The predicted octanol–water partition coefficient (Wildman–Crippen LogP) is 6.41. The van der Waals surface area contributed by atoms with Crippen molar-refractivity contribution in [3.05, 3.63) is 170 Å². The molecule has 0 saturated carbocycles. The van der Waals surface area contributed by atoms with Gasteiger partial charge in [0.05, 0.1) is 0 Å². The zero-order valence-electron chi connectivity index (χ0n) is 23.7. The largest absolute Gasteiger partial charge is 0.425 e. The second-order valence-electron chi connectivity index (χ2n) is 10.4. The maximum Gasteiger partial charge on any atom is 0.360 e. The van der Waals surface area contributed by atoms with Crippen molar-refractivity contribution in [2.45, 2.75) is 6.55 Å². The Labute approximate surface area is 252 Å². The lowest BCUT2D eigenvalue weighted by molar-refractivity contribution is 0.444. The second-order valence-corrected chi connectivity index (χ2v) is 19.0. The molecule has 6 rings (SSSR count). The summed E-state index contributed by atoms with van der Waals surface area (Å²) < 4.78 is 14.7. The van der Waals surface area contributed by atoms with Crippen molar-refractivity contribution in [2.24, 2.45) is 0 Å². The molecular formula is C37H33O2Si3. The van der Waals surface area contributed by atoms with Gasteiger partial charge in [-0.1, -0.05) is 157 Å². The van der Waals surface area contributed by atoms with E-state index in [1.807, 2.05) is 0 Å². The Morgan fingerprint density at radius 3 is 1.24 bits per heavy atom. The first kappa shape index (κ1) is 28.0. The highest BCUT2D eigenvalue weighted by molar-refractivity contribution is 7.07. The molecule has 0 amide bonds. The minimum Gasteiger partial charge on any atom is -0.425 e. The SMILES string of the molecule is C=C[Si](O[Si](C)O[Si](C=C)(c1ccccc1)c1cccc2ccccc12)(c1ccccc1)c1cccc2ccccc12. The van der Waals surface area contributed by atoms with Gasteiger partial charge < -0.3 is 8.23 Å². The van der Waals surface area contributed by atoms with E-state index in [4.69, 9.17) is 8.23 Å². The summed E-state index contributed by atoms with van der Waals surface area (Å²) in [5, 5.41) is 9.43.